The second-order valence-corrected chi connectivity index (χ2v) is 12.9. The van der Waals surface area contributed by atoms with Gasteiger partial charge < -0.3 is 4.90 Å². The third kappa shape index (κ3) is 10.4. The zero-order chi connectivity index (χ0) is 32.0. The molecule has 4 atom stereocenters. The van der Waals surface area contributed by atoms with Crippen LogP contribution < -0.4 is 0 Å². The molecule has 2 aliphatic heterocycles. The highest BCUT2D eigenvalue weighted by Gasteiger charge is 2.49. The van der Waals surface area contributed by atoms with Crippen molar-refractivity contribution in [2.45, 2.75) is 124 Å². The molecule has 1 aromatic carbocycles. The number of benzene rings is 1. The van der Waals surface area contributed by atoms with E-state index < -0.39 is 0 Å². The maximum absolute atomic E-state index is 4.60. The first-order valence-electron chi connectivity index (χ1n) is 16.0. The van der Waals surface area contributed by atoms with Crippen molar-refractivity contribution < 1.29 is 0 Å². The Hall–Kier alpha value is -2.45. The van der Waals surface area contributed by atoms with E-state index in [2.05, 4.69) is 122 Å². The van der Waals surface area contributed by atoms with E-state index in [1.165, 1.54) is 78.5 Å². The van der Waals surface area contributed by atoms with Gasteiger partial charge >= 0.3 is 0 Å². The molecule has 3 aliphatic rings. The van der Waals surface area contributed by atoms with Crippen molar-refractivity contribution in [2.24, 2.45) is 5.92 Å². The zero-order valence-corrected chi connectivity index (χ0v) is 29.3. The monoisotopic (exact) mass is 587 g/mol. The molecule has 1 saturated heterocycles. The van der Waals surface area contributed by atoms with E-state index >= 15 is 0 Å². The van der Waals surface area contributed by atoms with E-state index in [1.54, 1.807) is 11.1 Å². The summed E-state index contributed by atoms with van der Waals surface area (Å²) in [7, 11) is 0. The van der Waals surface area contributed by atoms with Crippen LogP contribution in [0.25, 0.3) is 0 Å². The second kappa shape index (κ2) is 19.0. The topological polar surface area (TPSA) is 3.24 Å². The molecule has 1 nitrogen and oxygen atoms in total. The lowest BCUT2D eigenvalue weighted by atomic mass is 9.81. The average molecular weight is 588 g/mol. The molecule has 0 radical (unpaired) electrons. The minimum absolute atomic E-state index is 0.329. The third-order valence-electron chi connectivity index (χ3n) is 8.32. The Kier molecular flexibility index (Phi) is 17.0. The highest BCUT2D eigenvalue weighted by Crippen LogP contribution is 2.49. The van der Waals surface area contributed by atoms with E-state index in [1.807, 2.05) is 19.9 Å². The number of thiol groups is 1. The van der Waals surface area contributed by atoms with Gasteiger partial charge in [-0.25, -0.2) is 0 Å². The normalized spacial score (nSPS) is 22.5. The summed E-state index contributed by atoms with van der Waals surface area (Å²) in [6.45, 7) is 34.9. The number of nitrogens with zero attached hydrogens (tertiary/aromatic N) is 1. The zero-order valence-electron chi connectivity index (χ0n) is 28.4. The molecule has 0 bridgehead atoms. The van der Waals surface area contributed by atoms with Crippen molar-refractivity contribution in [3.8, 4) is 0 Å². The van der Waals surface area contributed by atoms with Gasteiger partial charge in [0.25, 0.3) is 0 Å². The van der Waals surface area contributed by atoms with Crippen LogP contribution in [-0.4, -0.2) is 16.2 Å². The Balaban J connectivity index is 0.000000360. The van der Waals surface area contributed by atoms with Gasteiger partial charge in [-0.3, -0.25) is 0 Å². The van der Waals surface area contributed by atoms with Crippen LogP contribution in [0.3, 0.4) is 0 Å². The lowest BCUT2D eigenvalue weighted by molar-refractivity contribution is 0.210. The van der Waals surface area contributed by atoms with E-state index in [0.29, 0.717) is 23.1 Å². The van der Waals surface area contributed by atoms with Crippen LogP contribution in [-0.2, 0) is 6.42 Å². The van der Waals surface area contributed by atoms with E-state index in [4.69, 9.17) is 0 Å². The number of fused-ring (bicyclic) bond motifs is 1. The molecule has 42 heavy (non-hydrogen) atoms. The van der Waals surface area contributed by atoms with Gasteiger partial charge in [0.1, 0.15) is 0 Å². The molecule has 1 aliphatic carbocycles. The van der Waals surface area contributed by atoms with Crippen LogP contribution in [0.4, 0.5) is 0 Å². The van der Waals surface area contributed by atoms with Crippen molar-refractivity contribution in [2.75, 3.05) is 0 Å². The molecule has 2 heteroatoms. The molecule has 0 saturated carbocycles. The summed E-state index contributed by atoms with van der Waals surface area (Å²) in [5.74, 6) is 1.21. The summed E-state index contributed by atoms with van der Waals surface area (Å²) in [5.41, 5.74) is 12.8. The largest absolute Gasteiger partial charge is 0.343 e. The van der Waals surface area contributed by atoms with E-state index in [9.17, 15) is 0 Å². The quantitative estimate of drug-likeness (QED) is 0.180. The molecule has 232 valence electrons. The minimum atomic E-state index is 0.329. The Labute approximate surface area is 266 Å². The number of aryl methyl sites for hydroxylation is 3. The highest BCUT2D eigenvalue weighted by atomic mass is 32.1. The van der Waals surface area contributed by atoms with Gasteiger partial charge in [0, 0.05) is 23.2 Å². The number of rotatable bonds is 8. The molecule has 0 N–H and O–H groups in total. The van der Waals surface area contributed by atoms with Crippen LogP contribution in [0.15, 0.2) is 97.4 Å². The Bertz CT molecular complexity index is 1120. The fourth-order valence-corrected chi connectivity index (χ4v) is 6.97. The molecule has 0 aromatic heterocycles. The highest BCUT2D eigenvalue weighted by molar-refractivity contribution is 7.81. The van der Waals surface area contributed by atoms with Crippen LogP contribution in [0.1, 0.15) is 115 Å². The number of unbranched alkanes of at least 4 members (excludes halogenated alkanes) is 2. The van der Waals surface area contributed by atoms with Gasteiger partial charge in [-0.1, -0.05) is 80.9 Å². The van der Waals surface area contributed by atoms with Gasteiger partial charge in [0.2, 0.25) is 0 Å². The average Bonchev–Trinajstić information content (AvgIpc) is 3.16. The van der Waals surface area contributed by atoms with Crippen molar-refractivity contribution in [1.82, 2.24) is 4.90 Å². The van der Waals surface area contributed by atoms with Crippen LogP contribution >= 0.6 is 12.6 Å². The van der Waals surface area contributed by atoms with Crippen molar-refractivity contribution in [3.63, 3.8) is 0 Å². The number of hydrogen-bond acceptors (Lipinski definition) is 2. The van der Waals surface area contributed by atoms with Crippen LogP contribution in [0.2, 0.25) is 0 Å². The van der Waals surface area contributed by atoms with Crippen LogP contribution in [0, 0.1) is 19.8 Å². The Morgan fingerprint density at radius 3 is 2.17 bits per heavy atom. The molecule has 1 fully saturated rings. The SMILES string of the molecule is C=C.C=C(C)C.C=CC/C=C/C1=C(C)N2C(=C)C(S)C2C1C.CCCCCc1cc(C)c(C2C=C(C)CCC2)c(C)c1. The third-order valence-corrected chi connectivity index (χ3v) is 8.92. The second-order valence-electron chi connectivity index (χ2n) is 12.4. The smallest absolute Gasteiger partial charge is 0.0627 e. The van der Waals surface area contributed by atoms with Crippen molar-refractivity contribution in [3.05, 3.63) is 120 Å². The van der Waals surface area contributed by atoms with Crippen LogP contribution in [0.5, 0.6) is 0 Å². The minimum Gasteiger partial charge on any atom is -0.343 e. The lowest BCUT2D eigenvalue weighted by Crippen LogP contribution is -2.53. The summed E-state index contributed by atoms with van der Waals surface area (Å²) in [4.78, 5) is 2.33. The van der Waals surface area contributed by atoms with E-state index in [0.717, 1.165) is 12.1 Å². The predicted octanol–water partition coefficient (Wildman–Crippen LogP) is 12.2. The Morgan fingerprint density at radius 1 is 1.07 bits per heavy atom. The summed E-state index contributed by atoms with van der Waals surface area (Å²) in [6.07, 6.45) is 19.0. The summed E-state index contributed by atoms with van der Waals surface area (Å²) in [5, 5.41) is 0.329. The van der Waals surface area contributed by atoms with E-state index in [-0.39, 0.29) is 0 Å². The number of allylic oxidation sites excluding steroid dienone is 7. The summed E-state index contributed by atoms with van der Waals surface area (Å²) in [6, 6.07) is 5.39. The molecular weight excluding hydrogens is 527 g/mol. The first-order chi connectivity index (χ1) is 19.9. The maximum atomic E-state index is 4.60. The fraction of sp³-hybridized carbons (Fsp3) is 0.500. The van der Waals surface area contributed by atoms with Gasteiger partial charge in [0.05, 0.1) is 11.3 Å². The van der Waals surface area contributed by atoms with Gasteiger partial charge in [0.15, 0.2) is 0 Å². The van der Waals surface area contributed by atoms with Gasteiger partial charge in [-0.2, -0.15) is 12.6 Å². The van der Waals surface area contributed by atoms with Gasteiger partial charge in [-0.15, -0.1) is 26.3 Å². The molecule has 4 unspecified atom stereocenters. The molecule has 1 aromatic rings. The molecular formula is C40H61NS. The molecule has 4 rings (SSSR count). The summed E-state index contributed by atoms with van der Waals surface area (Å²) < 4.78 is 0. The number of hydrogen-bond donors (Lipinski definition) is 1. The van der Waals surface area contributed by atoms with Gasteiger partial charge in [-0.05, 0) is 108 Å². The first-order valence-corrected chi connectivity index (χ1v) is 16.5. The van der Waals surface area contributed by atoms with Crippen molar-refractivity contribution in [1.29, 1.82) is 0 Å². The first kappa shape index (κ1) is 37.6. The summed E-state index contributed by atoms with van der Waals surface area (Å²) >= 11 is 4.60. The fourth-order valence-electron chi connectivity index (χ4n) is 6.45. The lowest BCUT2D eigenvalue weighted by Gasteiger charge is -2.47. The standard InChI is InChI=1S/C20H30.C14H19NS.C4H8.C2H4/c1-5-6-7-10-18-13-16(3)20(17(4)14-18)19-11-8-9-15(2)12-19;1-5-6-7-8-12-9(2)13-14(16)11(4)15(13)10(12)3;1-4(2)3;1-2/h12-14,19H,5-11H2,1-4H3;5,7-9,13-14,16H,1,4,6H2,2-3H3;1H2,2-3H3;1-2H2/b;8-7+;;. The predicted molar refractivity (Wildman–Crippen MR) is 195 cm³/mol. The maximum Gasteiger partial charge on any atom is 0.0627 e. The van der Waals surface area contributed by atoms with Crippen molar-refractivity contribution >= 4 is 12.6 Å². The Morgan fingerprint density at radius 2 is 1.67 bits per heavy atom. The molecule has 2 heterocycles. The molecule has 0 amide bonds. The molecule has 0 spiro atoms.